The molecule has 0 spiro atoms. The second kappa shape index (κ2) is 7.47. The first kappa shape index (κ1) is 19.6. The van der Waals surface area contributed by atoms with Gasteiger partial charge in [-0.1, -0.05) is 30.3 Å². The molecule has 1 aliphatic heterocycles. The molecule has 1 unspecified atom stereocenters. The second-order valence-electron chi connectivity index (χ2n) is 6.19. The molecule has 0 bridgehead atoms. The zero-order chi connectivity index (χ0) is 20.5. The molecule has 7 nitrogen and oxygen atoms in total. The van der Waals surface area contributed by atoms with E-state index in [2.05, 4.69) is 9.72 Å². The largest absolute Gasteiger partial charge is 0.523 e. The van der Waals surface area contributed by atoms with E-state index in [1.165, 1.54) is 18.2 Å². The summed E-state index contributed by atoms with van der Waals surface area (Å²) < 4.78 is 43.1. The van der Waals surface area contributed by atoms with E-state index in [0.29, 0.717) is 5.69 Å². The Bertz CT molecular complexity index is 889. The molecule has 0 saturated heterocycles. The van der Waals surface area contributed by atoms with Gasteiger partial charge in [0.15, 0.2) is 5.82 Å². The third kappa shape index (κ3) is 4.22. The minimum absolute atomic E-state index is 0.117. The van der Waals surface area contributed by atoms with Crippen molar-refractivity contribution < 1.29 is 27.5 Å². The van der Waals surface area contributed by atoms with Gasteiger partial charge in [0.2, 0.25) is 5.91 Å². The smallest absolute Gasteiger partial charge is 0.351 e. The van der Waals surface area contributed by atoms with Crippen molar-refractivity contribution in [1.29, 1.82) is 0 Å². The summed E-state index contributed by atoms with van der Waals surface area (Å²) in [7, 11) is 0. The van der Waals surface area contributed by atoms with Crippen LogP contribution in [0.2, 0.25) is 0 Å². The van der Waals surface area contributed by atoms with Crippen LogP contribution in [0, 0.1) is 6.92 Å². The van der Waals surface area contributed by atoms with E-state index < -0.39 is 37.5 Å². The number of anilines is 2. The average molecular weight is 394 g/mol. The summed E-state index contributed by atoms with van der Waals surface area (Å²) in [5.41, 5.74) is 6.32. The van der Waals surface area contributed by atoms with Crippen LogP contribution in [0.25, 0.3) is 0 Å². The Morgan fingerprint density at radius 3 is 2.54 bits per heavy atom. The minimum Gasteiger partial charge on any atom is -0.351 e. The summed E-state index contributed by atoms with van der Waals surface area (Å²) in [6.45, 7) is 0.846. The number of halogens is 3. The highest BCUT2D eigenvalue weighted by molar-refractivity contribution is 6.09. The molecule has 0 aliphatic carbocycles. The number of aromatic nitrogens is 1. The van der Waals surface area contributed by atoms with E-state index in [1.54, 1.807) is 31.2 Å². The molecule has 1 aliphatic rings. The Labute approximate surface area is 158 Å². The number of alkyl halides is 3. The van der Waals surface area contributed by atoms with Crippen LogP contribution in [0.1, 0.15) is 17.4 Å². The maximum atomic E-state index is 13.0. The number of ether oxygens (including phenoxy) is 1. The molecule has 0 fully saturated rings. The molecule has 1 aromatic carbocycles. The molecule has 1 aromatic heterocycles. The quantitative estimate of drug-likeness (QED) is 0.864. The number of benzene rings is 1. The Morgan fingerprint density at radius 1 is 1.25 bits per heavy atom. The van der Waals surface area contributed by atoms with Crippen LogP contribution in [-0.2, 0) is 9.53 Å². The predicted molar refractivity (Wildman–Crippen MR) is 94.6 cm³/mol. The predicted octanol–water partition coefficient (Wildman–Crippen LogP) is 2.90. The number of pyridine rings is 1. The fraction of sp³-hybridized carbons (Fsp3) is 0.278. The molecule has 2 N–H and O–H groups in total. The monoisotopic (exact) mass is 394 g/mol. The molecule has 0 radical (unpaired) electrons. The van der Waals surface area contributed by atoms with Gasteiger partial charge < -0.3 is 10.6 Å². The van der Waals surface area contributed by atoms with Crippen molar-refractivity contribution >= 4 is 23.4 Å². The van der Waals surface area contributed by atoms with Crippen LogP contribution < -0.4 is 15.5 Å². The van der Waals surface area contributed by atoms with E-state index in [0.717, 1.165) is 9.80 Å². The third-order valence-electron chi connectivity index (χ3n) is 4.20. The van der Waals surface area contributed by atoms with Gasteiger partial charge in [-0.25, -0.2) is 9.78 Å². The molecule has 10 heteroatoms. The van der Waals surface area contributed by atoms with Gasteiger partial charge in [-0.05, 0) is 24.6 Å². The number of hydrogen-bond acceptors (Lipinski definition) is 4. The molecule has 148 valence electrons. The van der Waals surface area contributed by atoms with Crippen LogP contribution in [0.5, 0.6) is 0 Å². The van der Waals surface area contributed by atoms with Crippen molar-refractivity contribution in [3.8, 4) is 0 Å². The normalized spacial score (nSPS) is 15.4. The lowest BCUT2D eigenvalue weighted by molar-refractivity contribution is -0.343. The molecular formula is C18H17F3N4O3. The number of primary amides is 1. The summed E-state index contributed by atoms with van der Waals surface area (Å²) in [5.74, 6) is -0.477. The van der Waals surface area contributed by atoms with Gasteiger partial charge in [-0.15, -0.1) is 13.2 Å². The first-order valence-electron chi connectivity index (χ1n) is 8.30. The van der Waals surface area contributed by atoms with Crippen molar-refractivity contribution in [3.05, 3.63) is 53.7 Å². The molecule has 3 rings (SSSR count). The summed E-state index contributed by atoms with van der Waals surface area (Å²) in [5, 5.41) is 0. The van der Waals surface area contributed by atoms with Crippen LogP contribution in [0.4, 0.5) is 29.5 Å². The second-order valence-corrected chi connectivity index (χ2v) is 6.19. The highest BCUT2D eigenvalue weighted by Crippen LogP contribution is 2.35. The van der Waals surface area contributed by atoms with Crippen molar-refractivity contribution in [2.24, 2.45) is 5.73 Å². The number of nitrogens with two attached hydrogens (primary N) is 1. The van der Waals surface area contributed by atoms with Gasteiger partial charge in [-0.2, -0.15) is 0 Å². The number of amides is 3. The summed E-state index contributed by atoms with van der Waals surface area (Å²) in [6, 6.07) is 10.0. The Morgan fingerprint density at radius 2 is 1.93 bits per heavy atom. The summed E-state index contributed by atoms with van der Waals surface area (Å²) in [4.78, 5) is 30.6. The Balaban J connectivity index is 2.00. The molecule has 2 aromatic rings. The molecule has 1 atom stereocenters. The first-order valence-corrected chi connectivity index (χ1v) is 8.30. The zero-order valence-corrected chi connectivity index (χ0v) is 14.8. The Hall–Kier alpha value is -3.14. The van der Waals surface area contributed by atoms with Crippen molar-refractivity contribution in [2.45, 2.75) is 19.4 Å². The zero-order valence-electron chi connectivity index (χ0n) is 14.8. The fourth-order valence-corrected chi connectivity index (χ4v) is 2.96. The average Bonchev–Trinajstić information content (AvgIpc) is 2.62. The molecule has 2 heterocycles. The third-order valence-corrected chi connectivity index (χ3v) is 4.20. The number of nitrogens with zero attached hydrogens (tertiary/aromatic N) is 3. The lowest BCUT2D eigenvalue weighted by atomic mass is 10.1. The van der Waals surface area contributed by atoms with E-state index in [1.807, 2.05) is 0 Å². The number of carbonyl (C=O) groups is 2. The van der Waals surface area contributed by atoms with Crippen molar-refractivity contribution in [1.82, 2.24) is 4.98 Å². The highest BCUT2D eigenvalue weighted by Gasteiger charge is 2.39. The van der Waals surface area contributed by atoms with E-state index in [-0.39, 0.29) is 17.1 Å². The fourth-order valence-electron chi connectivity index (χ4n) is 2.96. The molecular weight excluding hydrogens is 377 g/mol. The van der Waals surface area contributed by atoms with Crippen LogP contribution >= 0.6 is 0 Å². The van der Waals surface area contributed by atoms with Crippen LogP contribution in [0.3, 0.4) is 0 Å². The van der Waals surface area contributed by atoms with Gasteiger partial charge in [0, 0.05) is 5.69 Å². The number of aryl methyl sites for hydroxylation is 1. The maximum Gasteiger partial charge on any atom is 0.523 e. The van der Waals surface area contributed by atoms with E-state index >= 15 is 0 Å². The molecule has 3 amide bonds. The summed E-state index contributed by atoms with van der Waals surface area (Å²) >= 11 is 0. The number of hydrogen-bond donors (Lipinski definition) is 1. The lowest BCUT2D eigenvalue weighted by Gasteiger charge is -2.36. The number of urea groups is 1. The Kier molecular flexibility index (Phi) is 5.23. The lowest BCUT2D eigenvalue weighted by Crippen LogP contribution is -2.51. The van der Waals surface area contributed by atoms with Crippen molar-refractivity contribution in [3.63, 3.8) is 0 Å². The number of carbonyl (C=O) groups excluding carboxylic acids is 2. The van der Waals surface area contributed by atoms with Gasteiger partial charge in [0.05, 0.1) is 12.2 Å². The topological polar surface area (TPSA) is 88.8 Å². The molecule has 28 heavy (non-hydrogen) atoms. The number of rotatable bonds is 4. The van der Waals surface area contributed by atoms with E-state index in [9.17, 15) is 22.8 Å². The van der Waals surface area contributed by atoms with Crippen LogP contribution in [-0.4, -0.2) is 36.4 Å². The minimum atomic E-state index is -4.90. The van der Waals surface area contributed by atoms with Gasteiger partial charge in [0.25, 0.3) is 0 Å². The molecule has 0 saturated carbocycles. The van der Waals surface area contributed by atoms with Gasteiger partial charge in [0.1, 0.15) is 12.6 Å². The van der Waals surface area contributed by atoms with Gasteiger partial charge in [-0.3, -0.25) is 14.4 Å². The van der Waals surface area contributed by atoms with Crippen LogP contribution in [0.15, 0.2) is 42.5 Å². The maximum absolute atomic E-state index is 13.0. The number of fused-ring (bicyclic) bond motifs is 1. The van der Waals surface area contributed by atoms with Crippen molar-refractivity contribution in [2.75, 3.05) is 22.9 Å². The standard InChI is InChI=1S/C18H17F3N4O3/c1-11-7-8-13-16(23-11)25(17(22)27)10-15(26)24(13)9-14(28-18(19,20)21)12-5-3-2-4-6-12/h2-8,14H,9-10H2,1H3,(H2,22,27). The van der Waals surface area contributed by atoms with Gasteiger partial charge >= 0.3 is 12.4 Å². The highest BCUT2D eigenvalue weighted by atomic mass is 19.4. The first-order chi connectivity index (χ1) is 13.2. The SMILES string of the molecule is Cc1ccc2c(n1)N(C(N)=O)CC(=O)N2CC(OC(F)(F)F)c1ccccc1. The summed E-state index contributed by atoms with van der Waals surface area (Å²) in [6.07, 6.45) is -6.35. The van der Waals surface area contributed by atoms with E-state index in [4.69, 9.17) is 5.73 Å².